The number of likely N-dealkylation sites (N-methyl/N-ethyl adjacent to an activating group) is 1. The van der Waals surface area contributed by atoms with Gasteiger partial charge in [0.15, 0.2) is 5.82 Å². The molecule has 0 radical (unpaired) electrons. The maximum absolute atomic E-state index is 13.8. The Morgan fingerprint density at radius 1 is 1.21 bits per heavy atom. The van der Waals surface area contributed by atoms with Crippen LogP contribution >= 0.6 is 11.6 Å². The number of alkyl halides is 3. The number of hydrogen-bond donors (Lipinski definition) is 2. The van der Waals surface area contributed by atoms with Gasteiger partial charge in [0.25, 0.3) is 11.8 Å². The van der Waals surface area contributed by atoms with E-state index < -0.39 is 17.6 Å². The lowest BCUT2D eigenvalue weighted by Gasteiger charge is -2.40. The summed E-state index contributed by atoms with van der Waals surface area (Å²) in [5, 5.41) is 5.87. The number of nitrogens with one attached hydrogen (secondary N) is 2. The summed E-state index contributed by atoms with van der Waals surface area (Å²) in [6.07, 6.45) is -3.28. The molecule has 3 heterocycles. The number of amides is 1. The van der Waals surface area contributed by atoms with Gasteiger partial charge in [-0.25, -0.2) is 4.98 Å². The second kappa shape index (κ2) is 10.8. The van der Waals surface area contributed by atoms with Crippen molar-refractivity contribution in [1.82, 2.24) is 14.9 Å². The van der Waals surface area contributed by atoms with E-state index in [1.165, 1.54) is 24.5 Å². The van der Waals surface area contributed by atoms with Gasteiger partial charge >= 0.3 is 6.18 Å². The second-order valence-electron chi connectivity index (χ2n) is 9.40. The first-order chi connectivity index (χ1) is 18.6. The Hall–Kier alpha value is -3.77. The maximum Gasteiger partial charge on any atom is 0.416 e. The van der Waals surface area contributed by atoms with E-state index in [4.69, 9.17) is 21.1 Å². The Labute approximate surface area is 227 Å². The van der Waals surface area contributed by atoms with Crippen LogP contribution in [0.25, 0.3) is 0 Å². The summed E-state index contributed by atoms with van der Waals surface area (Å²) in [6.45, 7) is 4.91. The average molecular weight is 563 g/mol. The molecule has 1 saturated heterocycles. The van der Waals surface area contributed by atoms with Crippen LogP contribution < -0.4 is 25.0 Å². The quantitative estimate of drug-likeness (QED) is 0.442. The molecule has 1 fully saturated rings. The number of nitrogens with zero attached hydrogens (tertiary/aromatic N) is 4. The standard InChI is InChI=1S/C26H26ClF3N6O3/c1-15-13-35(2)6-7-36(15)19-11-17(26(28,29)30)10-18(12-19)34-24(37)16-3-4-20(27)21(9-16)39-25-22-23(32-14-33-25)31-5-8-38-22/h3-4,9-12,14-15H,5-8,13H2,1-2H3,(H,34,37)(H,31,32,33). The van der Waals surface area contributed by atoms with Crippen molar-refractivity contribution in [1.29, 1.82) is 0 Å². The molecular formula is C26H26ClF3N6O3. The van der Waals surface area contributed by atoms with Crippen molar-refractivity contribution in [3.05, 3.63) is 58.9 Å². The van der Waals surface area contributed by atoms with Crippen LogP contribution in [-0.2, 0) is 6.18 Å². The second-order valence-corrected chi connectivity index (χ2v) is 9.81. The molecule has 2 aliphatic rings. The van der Waals surface area contributed by atoms with Crippen LogP contribution in [-0.4, -0.2) is 66.7 Å². The van der Waals surface area contributed by atoms with Gasteiger partial charge in [-0.3, -0.25) is 4.79 Å². The van der Waals surface area contributed by atoms with E-state index in [2.05, 4.69) is 25.5 Å². The molecule has 0 bridgehead atoms. The van der Waals surface area contributed by atoms with E-state index in [9.17, 15) is 18.0 Å². The molecule has 1 atom stereocenters. The van der Waals surface area contributed by atoms with E-state index in [0.29, 0.717) is 50.0 Å². The minimum absolute atomic E-state index is 0.00141. The molecule has 0 saturated carbocycles. The number of benzene rings is 2. The third-order valence-electron chi connectivity index (χ3n) is 6.48. The molecule has 9 nitrogen and oxygen atoms in total. The van der Waals surface area contributed by atoms with Crippen molar-refractivity contribution >= 4 is 34.7 Å². The third-order valence-corrected chi connectivity index (χ3v) is 6.79. The zero-order chi connectivity index (χ0) is 27.7. The van der Waals surface area contributed by atoms with Gasteiger partial charge in [0, 0.05) is 42.6 Å². The predicted molar refractivity (Wildman–Crippen MR) is 141 cm³/mol. The molecular weight excluding hydrogens is 537 g/mol. The zero-order valence-corrected chi connectivity index (χ0v) is 21.9. The molecule has 1 unspecified atom stereocenters. The Morgan fingerprint density at radius 3 is 2.79 bits per heavy atom. The Balaban J connectivity index is 1.41. The van der Waals surface area contributed by atoms with E-state index in [0.717, 1.165) is 12.1 Å². The fraction of sp³-hybridized carbons (Fsp3) is 0.346. The summed E-state index contributed by atoms with van der Waals surface area (Å²) in [4.78, 5) is 25.4. The molecule has 0 aliphatic carbocycles. The average Bonchev–Trinajstić information content (AvgIpc) is 2.89. The molecule has 3 aromatic rings. The van der Waals surface area contributed by atoms with Gasteiger partial charge in [-0.15, -0.1) is 0 Å². The molecule has 0 spiro atoms. The van der Waals surface area contributed by atoms with Crippen LogP contribution in [0.2, 0.25) is 5.02 Å². The minimum Gasteiger partial charge on any atom is -0.483 e. The molecule has 5 rings (SSSR count). The third kappa shape index (κ3) is 5.96. The lowest BCUT2D eigenvalue weighted by molar-refractivity contribution is -0.137. The fourth-order valence-corrected chi connectivity index (χ4v) is 4.73. The van der Waals surface area contributed by atoms with Crippen molar-refractivity contribution in [3.8, 4) is 17.4 Å². The van der Waals surface area contributed by atoms with Gasteiger partial charge in [0.05, 0.1) is 17.1 Å². The summed E-state index contributed by atoms with van der Waals surface area (Å²) < 4.78 is 52.7. The highest BCUT2D eigenvalue weighted by Crippen LogP contribution is 2.39. The number of fused-ring (bicyclic) bond motifs is 1. The number of piperazine rings is 1. The number of halogens is 4. The van der Waals surface area contributed by atoms with Crippen LogP contribution in [0.1, 0.15) is 22.8 Å². The minimum atomic E-state index is -4.58. The van der Waals surface area contributed by atoms with Gasteiger partial charge in [-0.05, 0) is 50.4 Å². The summed E-state index contributed by atoms with van der Waals surface area (Å²) in [5.41, 5.74) is -0.298. The largest absolute Gasteiger partial charge is 0.483 e. The molecule has 39 heavy (non-hydrogen) atoms. The zero-order valence-electron chi connectivity index (χ0n) is 21.2. The number of anilines is 3. The number of carbonyl (C=O) groups excluding carboxylic acids is 1. The van der Waals surface area contributed by atoms with Crippen molar-refractivity contribution in [2.24, 2.45) is 0 Å². The normalized spacial score (nSPS) is 17.6. The maximum atomic E-state index is 13.8. The predicted octanol–water partition coefficient (Wildman–Crippen LogP) is 5.14. The number of rotatable bonds is 5. The van der Waals surface area contributed by atoms with E-state index in [1.807, 2.05) is 18.9 Å². The van der Waals surface area contributed by atoms with Crippen LogP contribution in [0.3, 0.4) is 0 Å². The Morgan fingerprint density at radius 2 is 2.03 bits per heavy atom. The van der Waals surface area contributed by atoms with Gasteiger partial charge in [-0.2, -0.15) is 18.2 Å². The van der Waals surface area contributed by atoms with Crippen molar-refractivity contribution in [3.63, 3.8) is 0 Å². The number of carbonyl (C=O) groups is 1. The summed E-state index contributed by atoms with van der Waals surface area (Å²) in [7, 11) is 1.97. The highest BCUT2D eigenvalue weighted by atomic mass is 35.5. The van der Waals surface area contributed by atoms with E-state index in [1.54, 1.807) is 6.07 Å². The molecule has 2 aromatic carbocycles. The van der Waals surface area contributed by atoms with Crippen molar-refractivity contribution in [2.45, 2.75) is 19.1 Å². The lowest BCUT2D eigenvalue weighted by atomic mass is 10.1. The number of hydrogen-bond acceptors (Lipinski definition) is 8. The first-order valence-corrected chi connectivity index (χ1v) is 12.6. The number of aromatic nitrogens is 2. The molecule has 13 heteroatoms. The Kier molecular flexibility index (Phi) is 7.41. The molecule has 2 N–H and O–H groups in total. The van der Waals surface area contributed by atoms with Crippen LogP contribution in [0.15, 0.2) is 42.7 Å². The van der Waals surface area contributed by atoms with Crippen LogP contribution in [0, 0.1) is 0 Å². The summed E-state index contributed by atoms with van der Waals surface area (Å²) >= 11 is 6.31. The van der Waals surface area contributed by atoms with E-state index in [-0.39, 0.29) is 33.9 Å². The van der Waals surface area contributed by atoms with Crippen LogP contribution in [0.5, 0.6) is 17.4 Å². The van der Waals surface area contributed by atoms with Gasteiger partial charge in [0.2, 0.25) is 5.75 Å². The lowest BCUT2D eigenvalue weighted by Crippen LogP contribution is -2.50. The van der Waals surface area contributed by atoms with Crippen molar-refractivity contribution in [2.75, 3.05) is 55.4 Å². The number of ether oxygens (including phenoxy) is 2. The van der Waals surface area contributed by atoms with Crippen LogP contribution in [0.4, 0.5) is 30.4 Å². The van der Waals surface area contributed by atoms with Gasteiger partial charge < -0.3 is 29.9 Å². The first-order valence-electron chi connectivity index (χ1n) is 12.3. The monoisotopic (exact) mass is 562 g/mol. The topological polar surface area (TPSA) is 91.9 Å². The smallest absolute Gasteiger partial charge is 0.416 e. The highest BCUT2D eigenvalue weighted by molar-refractivity contribution is 6.32. The molecule has 2 aliphatic heterocycles. The van der Waals surface area contributed by atoms with E-state index >= 15 is 0 Å². The fourth-order valence-electron chi connectivity index (χ4n) is 4.58. The van der Waals surface area contributed by atoms with Gasteiger partial charge in [0.1, 0.15) is 18.7 Å². The molecule has 1 amide bonds. The molecule has 1 aromatic heterocycles. The summed E-state index contributed by atoms with van der Waals surface area (Å²) in [6, 6.07) is 7.90. The van der Waals surface area contributed by atoms with Crippen molar-refractivity contribution < 1.29 is 27.4 Å². The first kappa shape index (κ1) is 26.8. The SMILES string of the molecule is CC1CN(C)CCN1c1cc(NC(=O)c2ccc(Cl)c(Oc3ncnc4c3OCCN4)c2)cc(C(F)(F)F)c1. The highest BCUT2D eigenvalue weighted by Gasteiger charge is 2.33. The Bertz CT molecular complexity index is 1390. The molecule has 206 valence electrons. The summed E-state index contributed by atoms with van der Waals surface area (Å²) in [5.74, 6) is 0.372. The van der Waals surface area contributed by atoms with Gasteiger partial charge in [-0.1, -0.05) is 11.6 Å².